The molecule has 1 saturated carbocycles. The minimum Gasteiger partial charge on any atom is -0.454 e. The Balaban J connectivity index is 1.32. The number of rotatable bonds is 3. The van der Waals surface area contributed by atoms with Crippen LogP contribution in [0.2, 0.25) is 0 Å². The second kappa shape index (κ2) is 6.46. The van der Waals surface area contributed by atoms with Gasteiger partial charge in [-0.3, -0.25) is 4.79 Å². The van der Waals surface area contributed by atoms with Crippen molar-refractivity contribution in [1.29, 1.82) is 0 Å². The van der Waals surface area contributed by atoms with Gasteiger partial charge in [-0.2, -0.15) is 0 Å². The second-order valence-electron chi connectivity index (χ2n) is 6.57. The van der Waals surface area contributed by atoms with E-state index in [0.717, 1.165) is 23.5 Å². The highest BCUT2D eigenvalue weighted by Crippen LogP contribution is 2.50. The zero-order chi connectivity index (χ0) is 17.4. The van der Waals surface area contributed by atoms with Gasteiger partial charge >= 0.3 is 6.09 Å². The summed E-state index contributed by atoms with van der Waals surface area (Å²) < 4.78 is 15.8. The van der Waals surface area contributed by atoms with Crippen molar-refractivity contribution in [2.45, 2.75) is 19.3 Å². The molecule has 7 heteroatoms. The predicted molar refractivity (Wildman–Crippen MR) is 88.6 cm³/mol. The van der Waals surface area contributed by atoms with Crippen molar-refractivity contribution in [3.8, 4) is 11.5 Å². The smallest absolute Gasteiger partial charge is 0.409 e. The molecule has 2 amide bonds. The van der Waals surface area contributed by atoms with Crippen molar-refractivity contribution >= 4 is 12.0 Å². The number of hydrogen-bond donors (Lipinski definition) is 0. The van der Waals surface area contributed by atoms with Crippen LogP contribution in [-0.4, -0.2) is 61.4 Å². The van der Waals surface area contributed by atoms with Crippen LogP contribution < -0.4 is 9.47 Å². The maximum absolute atomic E-state index is 12.7. The Labute approximate surface area is 146 Å². The van der Waals surface area contributed by atoms with Gasteiger partial charge in [-0.1, -0.05) is 6.07 Å². The fraction of sp³-hybridized carbons (Fsp3) is 0.556. The second-order valence-corrected chi connectivity index (χ2v) is 6.57. The van der Waals surface area contributed by atoms with E-state index in [1.807, 2.05) is 23.1 Å². The van der Waals surface area contributed by atoms with Crippen molar-refractivity contribution in [3.05, 3.63) is 23.8 Å². The number of fused-ring (bicyclic) bond motifs is 1. The zero-order valence-electron chi connectivity index (χ0n) is 14.3. The molecule has 1 aromatic carbocycles. The van der Waals surface area contributed by atoms with Gasteiger partial charge in [0, 0.05) is 32.1 Å². The molecule has 0 radical (unpaired) electrons. The van der Waals surface area contributed by atoms with Gasteiger partial charge in [0.1, 0.15) is 0 Å². The Morgan fingerprint density at radius 2 is 1.84 bits per heavy atom. The lowest BCUT2D eigenvalue weighted by molar-refractivity contribution is -0.134. The number of amides is 2. The third kappa shape index (κ3) is 3.10. The number of hydrogen-bond acceptors (Lipinski definition) is 5. The summed E-state index contributed by atoms with van der Waals surface area (Å²) in [6.45, 7) is 4.64. The van der Waals surface area contributed by atoms with Gasteiger partial charge < -0.3 is 24.0 Å². The lowest BCUT2D eigenvalue weighted by atomic mass is 10.1. The lowest BCUT2D eigenvalue weighted by Gasteiger charge is -2.34. The third-order valence-electron chi connectivity index (χ3n) is 5.05. The summed E-state index contributed by atoms with van der Waals surface area (Å²) in [5, 5.41) is 0. The van der Waals surface area contributed by atoms with Gasteiger partial charge in [0.05, 0.1) is 6.61 Å². The van der Waals surface area contributed by atoms with Crippen LogP contribution in [0.15, 0.2) is 18.2 Å². The molecule has 4 rings (SSSR count). The van der Waals surface area contributed by atoms with Gasteiger partial charge in [-0.15, -0.1) is 0 Å². The number of carbonyl (C=O) groups excluding carboxylic acids is 2. The molecule has 2 unspecified atom stereocenters. The van der Waals surface area contributed by atoms with Crippen molar-refractivity contribution in [2.24, 2.45) is 5.92 Å². The summed E-state index contributed by atoms with van der Waals surface area (Å²) in [6, 6.07) is 5.92. The summed E-state index contributed by atoms with van der Waals surface area (Å²) in [7, 11) is 0. The molecule has 2 aliphatic heterocycles. The topological polar surface area (TPSA) is 68.3 Å². The standard InChI is InChI=1S/C18H22N2O5/c1-2-23-18(22)20-7-5-19(6-8-20)17(21)14-10-13(14)12-3-4-15-16(9-12)25-11-24-15/h3-4,9,13-14H,2,5-8,10-11H2,1H3. The first-order chi connectivity index (χ1) is 12.2. The van der Waals surface area contributed by atoms with Crippen LogP contribution >= 0.6 is 0 Å². The van der Waals surface area contributed by atoms with Crippen LogP contribution in [0.1, 0.15) is 24.8 Å². The SMILES string of the molecule is CCOC(=O)N1CCN(C(=O)C2CC2c2ccc3c(c2)OCO3)CC1. The molecule has 0 spiro atoms. The lowest BCUT2D eigenvalue weighted by Crippen LogP contribution is -2.51. The molecule has 1 aromatic rings. The fourth-order valence-corrected chi connectivity index (χ4v) is 3.54. The van der Waals surface area contributed by atoms with E-state index in [-0.39, 0.29) is 30.6 Å². The molecule has 3 aliphatic rings. The minimum atomic E-state index is -0.292. The van der Waals surface area contributed by atoms with Gasteiger partial charge in [-0.05, 0) is 37.0 Å². The van der Waals surface area contributed by atoms with E-state index in [2.05, 4.69) is 0 Å². The zero-order valence-corrected chi connectivity index (χ0v) is 14.3. The van der Waals surface area contributed by atoms with Crippen molar-refractivity contribution in [3.63, 3.8) is 0 Å². The van der Waals surface area contributed by atoms with Gasteiger partial charge in [0.2, 0.25) is 12.7 Å². The van der Waals surface area contributed by atoms with Crippen LogP contribution in [0.3, 0.4) is 0 Å². The summed E-state index contributed by atoms with van der Waals surface area (Å²) in [5.74, 6) is 2.01. The Morgan fingerprint density at radius 3 is 2.60 bits per heavy atom. The van der Waals surface area contributed by atoms with Gasteiger partial charge in [-0.25, -0.2) is 4.79 Å². The first-order valence-corrected chi connectivity index (χ1v) is 8.77. The average Bonchev–Trinajstić information content (AvgIpc) is 3.30. The van der Waals surface area contributed by atoms with Crippen molar-refractivity contribution < 1.29 is 23.8 Å². The maximum Gasteiger partial charge on any atom is 0.409 e. The van der Waals surface area contributed by atoms with E-state index < -0.39 is 0 Å². The maximum atomic E-state index is 12.7. The molecule has 1 aliphatic carbocycles. The third-order valence-corrected chi connectivity index (χ3v) is 5.05. The van der Waals surface area contributed by atoms with E-state index in [1.165, 1.54) is 0 Å². The summed E-state index contributed by atoms with van der Waals surface area (Å²) in [5.41, 5.74) is 1.13. The average molecular weight is 346 g/mol. The Morgan fingerprint density at radius 1 is 1.12 bits per heavy atom. The van der Waals surface area contributed by atoms with Crippen molar-refractivity contribution in [2.75, 3.05) is 39.6 Å². The normalized spacial score (nSPS) is 24.2. The number of benzene rings is 1. The summed E-state index contributed by atoms with van der Waals surface area (Å²) in [4.78, 5) is 28.0. The molecular formula is C18H22N2O5. The molecule has 2 fully saturated rings. The highest BCUT2D eigenvalue weighted by molar-refractivity contribution is 5.83. The largest absolute Gasteiger partial charge is 0.454 e. The first kappa shape index (κ1) is 16.1. The first-order valence-electron chi connectivity index (χ1n) is 8.77. The quantitative estimate of drug-likeness (QED) is 0.835. The molecule has 25 heavy (non-hydrogen) atoms. The molecule has 7 nitrogen and oxygen atoms in total. The number of piperazine rings is 1. The molecule has 2 heterocycles. The van der Waals surface area contributed by atoms with Gasteiger partial charge in [0.25, 0.3) is 0 Å². The number of nitrogens with zero attached hydrogens (tertiary/aromatic N) is 2. The molecule has 2 atom stereocenters. The van der Waals surface area contributed by atoms with Crippen LogP contribution in [-0.2, 0) is 9.53 Å². The van der Waals surface area contributed by atoms with Gasteiger partial charge in [0.15, 0.2) is 11.5 Å². The molecule has 0 bridgehead atoms. The molecule has 0 aromatic heterocycles. The molecule has 134 valence electrons. The van der Waals surface area contributed by atoms with E-state index >= 15 is 0 Å². The van der Waals surface area contributed by atoms with E-state index in [1.54, 1.807) is 11.8 Å². The Kier molecular flexibility index (Phi) is 4.15. The highest BCUT2D eigenvalue weighted by Gasteiger charge is 2.46. The fourth-order valence-electron chi connectivity index (χ4n) is 3.54. The Hall–Kier alpha value is -2.44. The highest BCUT2D eigenvalue weighted by atomic mass is 16.7. The molecule has 0 N–H and O–H groups in total. The minimum absolute atomic E-state index is 0.0366. The van der Waals surface area contributed by atoms with Crippen LogP contribution in [0.4, 0.5) is 4.79 Å². The summed E-state index contributed by atoms with van der Waals surface area (Å²) >= 11 is 0. The van der Waals surface area contributed by atoms with E-state index in [4.69, 9.17) is 14.2 Å². The molecular weight excluding hydrogens is 324 g/mol. The van der Waals surface area contributed by atoms with E-state index in [0.29, 0.717) is 32.8 Å². The summed E-state index contributed by atoms with van der Waals surface area (Å²) in [6.07, 6.45) is 0.579. The van der Waals surface area contributed by atoms with E-state index in [9.17, 15) is 9.59 Å². The number of carbonyl (C=O) groups is 2. The van der Waals surface area contributed by atoms with Crippen molar-refractivity contribution in [1.82, 2.24) is 9.80 Å². The number of ether oxygens (including phenoxy) is 3. The molecule has 1 saturated heterocycles. The van der Waals surface area contributed by atoms with Crippen LogP contribution in [0.25, 0.3) is 0 Å². The predicted octanol–water partition coefficient (Wildman–Crippen LogP) is 1.82. The monoisotopic (exact) mass is 346 g/mol. The van der Waals surface area contributed by atoms with Crippen LogP contribution in [0, 0.1) is 5.92 Å². The van der Waals surface area contributed by atoms with Crippen LogP contribution in [0.5, 0.6) is 11.5 Å². The Bertz CT molecular complexity index is 684.